The number of unbranched alkanes of at least 4 members (excludes halogenated alkanes) is 1. The van der Waals surface area contributed by atoms with E-state index in [1.165, 1.54) is 0 Å². The van der Waals surface area contributed by atoms with Crippen molar-refractivity contribution in [1.29, 1.82) is 0 Å². The average Bonchev–Trinajstić information content (AvgIpc) is 2.35. The van der Waals surface area contributed by atoms with Gasteiger partial charge in [0.1, 0.15) is 0 Å². The quantitative estimate of drug-likeness (QED) is 0.844. The normalized spacial score (nSPS) is 12.1. The first-order chi connectivity index (χ1) is 8.95. The Balaban J connectivity index is 2.67. The molecular weight excluding hydrogens is 262 g/mol. The Morgan fingerprint density at radius 3 is 2.68 bits per heavy atom. The molecule has 0 saturated carbocycles. The Labute approximate surface area is 119 Å². The fourth-order valence-corrected chi connectivity index (χ4v) is 2.09. The smallest absolute Gasteiger partial charge is 0.241 e. The molecule has 4 nitrogen and oxygen atoms in total. The molecule has 1 aromatic rings. The van der Waals surface area contributed by atoms with Gasteiger partial charge in [0.2, 0.25) is 5.91 Å². The standard InChI is InChI=1S/C14H22ClN3O/c1-4-5-6-12(16)14(19)17-10-7-8-13(18(2)3)11(15)9-10/h7-9,12H,4-6,16H2,1-3H3,(H,17,19). The van der Waals surface area contributed by atoms with Gasteiger partial charge in [0.15, 0.2) is 0 Å². The van der Waals surface area contributed by atoms with Gasteiger partial charge in [0.05, 0.1) is 16.8 Å². The van der Waals surface area contributed by atoms with Crippen LogP contribution in [0.3, 0.4) is 0 Å². The minimum absolute atomic E-state index is 0.165. The maximum Gasteiger partial charge on any atom is 0.241 e. The van der Waals surface area contributed by atoms with Crippen molar-refractivity contribution < 1.29 is 4.79 Å². The van der Waals surface area contributed by atoms with Gasteiger partial charge in [-0.05, 0) is 24.6 Å². The van der Waals surface area contributed by atoms with Crippen molar-refractivity contribution >= 4 is 28.9 Å². The fourth-order valence-electron chi connectivity index (χ4n) is 1.74. The fraction of sp³-hybridized carbons (Fsp3) is 0.500. The summed E-state index contributed by atoms with van der Waals surface area (Å²) < 4.78 is 0. The number of amides is 1. The molecule has 0 fully saturated rings. The first-order valence-corrected chi connectivity index (χ1v) is 6.86. The number of carbonyl (C=O) groups is 1. The Kier molecular flexibility index (Phi) is 6.12. The van der Waals surface area contributed by atoms with Crippen LogP contribution in [0.1, 0.15) is 26.2 Å². The van der Waals surface area contributed by atoms with Crippen LogP contribution in [0.15, 0.2) is 18.2 Å². The third-order valence-corrected chi connectivity index (χ3v) is 3.21. The van der Waals surface area contributed by atoms with Gasteiger partial charge >= 0.3 is 0 Å². The first-order valence-electron chi connectivity index (χ1n) is 6.49. The van der Waals surface area contributed by atoms with Crippen LogP contribution in [0.2, 0.25) is 5.02 Å². The molecule has 0 saturated heterocycles. The number of anilines is 2. The molecule has 1 unspecified atom stereocenters. The van der Waals surface area contributed by atoms with Crippen molar-refractivity contribution in [2.24, 2.45) is 5.73 Å². The van der Waals surface area contributed by atoms with Gasteiger partial charge in [-0.1, -0.05) is 31.4 Å². The number of nitrogens with zero attached hydrogens (tertiary/aromatic N) is 1. The van der Waals surface area contributed by atoms with Crippen molar-refractivity contribution in [3.8, 4) is 0 Å². The topological polar surface area (TPSA) is 58.4 Å². The number of halogens is 1. The van der Waals surface area contributed by atoms with E-state index in [1.54, 1.807) is 6.07 Å². The molecule has 1 aromatic carbocycles. The molecule has 1 rings (SSSR count). The molecule has 1 atom stereocenters. The summed E-state index contributed by atoms with van der Waals surface area (Å²) in [4.78, 5) is 13.8. The zero-order valence-electron chi connectivity index (χ0n) is 11.7. The van der Waals surface area contributed by atoms with Gasteiger partial charge in [-0.2, -0.15) is 0 Å². The maximum absolute atomic E-state index is 11.9. The summed E-state index contributed by atoms with van der Waals surface area (Å²) in [5.41, 5.74) is 7.40. The first kappa shape index (κ1) is 15.8. The van der Waals surface area contributed by atoms with Crippen LogP contribution in [0.25, 0.3) is 0 Å². The molecule has 0 radical (unpaired) electrons. The molecular formula is C14H22ClN3O. The Morgan fingerprint density at radius 2 is 2.16 bits per heavy atom. The van der Waals surface area contributed by atoms with E-state index < -0.39 is 6.04 Å². The molecule has 0 aliphatic heterocycles. The van der Waals surface area contributed by atoms with Gasteiger partial charge < -0.3 is 16.0 Å². The molecule has 3 N–H and O–H groups in total. The van der Waals surface area contributed by atoms with Crippen molar-refractivity contribution in [3.63, 3.8) is 0 Å². The van der Waals surface area contributed by atoms with E-state index in [0.29, 0.717) is 17.1 Å². The van der Waals surface area contributed by atoms with E-state index in [4.69, 9.17) is 17.3 Å². The molecule has 0 aliphatic carbocycles. The lowest BCUT2D eigenvalue weighted by Gasteiger charge is -2.16. The van der Waals surface area contributed by atoms with Crippen LogP contribution in [0.4, 0.5) is 11.4 Å². The number of benzene rings is 1. The second-order valence-corrected chi connectivity index (χ2v) is 5.21. The lowest BCUT2D eigenvalue weighted by Crippen LogP contribution is -2.35. The summed E-state index contributed by atoms with van der Waals surface area (Å²) in [7, 11) is 3.83. The second-order valence-electron chi connectivity index (χ2n) is 4.80. The lowest BCUT2D eigenvalue weighted by atomic mass is 10.1. The number of hydrogen-bond donors (Lipinski definition) is 2. The molecule has 19 heavy (non-hydrogen) atoms. The predicted molar refractivity (Wildman–Crippen MR) is 81.9 cm³/mol. The number of nitrogens with two attached hydrogens (primary N) is 1. The van der Waals surface area contributed by atoms with Crippen LogP contribution in [0.5, 0.6) is 0 Å². The number of nitrogens with one attached hydrogen (secondary N) is 1. The summed E-state index contributed by atoms with van der Waals surface area (Å²) in [6, 6.07) is 4.97. The van der Waals surface area contributed by atoms with E-state index in [1.807, 2.05) is 31.1 Å². The Morgan fingerprint density at radius 1 is 1.47 bits per heavy atom. The third-order valence-electron chi connectivity index (χ3n) is 2.90. The van der Waals surface area contributed by atoms with Crippen LogP contribution in [0, 0.1) is 0 Å². The molecule has 0 bridgehead atoms. The molecule has 5 heteroatoms. The highest BCUT2D eigenvalue weighted by molar-refractivity contribution is 6.33. The minimum Gasteiger partial charge on any atom is -0.376 e. The Bertz CT molecular complexity index is 435. The summed E-state index contributed by atoms with van der Waals surface area (Å²) in [5, 5.41) is 3.39. The van der Waals surface area contributed by atoms with Crippen molar-refractivity contribution in [1.82, 2.24) is 0 Å². The zero-order chi connectivity index (χ0) is 14.4. The highest BCUT2D eigenvalue weighted by Crippen LogP contribution is 2.27. The minimum atomic E-state index is -0.466. The van der Waals surface area contributed by atoms with E-state index in [-0.39, 0.29) is 5.91 Å². The molecule has 0 aliphatic rings. The van der Waals surface area contributed by atoms with E-state index >= 15 is 0 Å². The van der Waals surface area contributed by atoms with E-state index in [0.717, 1.165) is 18.5 Å². The van der Waals surface area contributed by atoms with E-state index in [9.17, 15) is 4.79 Å². The highest BCUT2D eigenvalue weighted by Gasteiger charge is 2.13. The number of rotatable bonds is 6. The second kappa shape index (κ2) is 7.36. The third kappa shape index (κ3) is 4.73. The highest BCUT2D eigenvalue weighted by atomic mass is 35.5. The maximum atomic E-state index is 11.9. The molecule has 0 spiro atoms. The summed E-state index contributed by atoms with van der Waals surface area (Å²) in [5.74, 6) is -0.165. The lowest BCUT2D eigenvalue weighted by molar-refractivity contribution is -0.117. The van der Waals surface area contributed by atoms with Crippen LogP contribution in [-0.2, 0) is 4.79 Å². The van der Waals surface area contributed by atoms with Crippen molar-refractivity contribution in [2.45, 2.75) is 32.2 Å². The Hall–Kier alpha value is -1.26. The zero-order valence-corrected chi connectivity index (χ0v) is 12.5. The molecule has 1 amide bonds. The van der Waals surface area contributed by atoms with E-state index in [2.05, 4.69) is 12.2 Å². The van der Waals surface area contributed by atoms with Crippen molar-refractivity contribution in [3.05, 3.63) is 23.2 Å². The van der Waals surface area contributed by atoms with Gasteiger partial charge in [-0.25, -0.2) is 0 Å². The van der Waals surface area contributed by atoms with Crippen molar-refractivity contribution in [2.75, 3.05) is 24.3 Å². The predicted octanol–water partition coefficient (Wildman–Crippen LogP) is 2.86. The average molecular weight is 284 g/mol. The van der Waals surface area contributed by atoms with Gasteiger partial charge in [0, 0.05) is 19.8 Å². The largest absolute Gasteiger partial charge is 0.376 e. The molecule has 0 aromatic heterocycles. The SMILES string of the molecule is CCCCC(N)C(=O)Nc1ccc(N(C)C)c(Cl)c1. The van der Waals surface area contributed by atoms with Crippen LogP contribution < -0.4 is 16.0 Å². The molecule has 0 heterocycles. The number of hydrogen-bond acceptors (Lipinski definition) is 3. The van der Waals surface area contributed by atoms with Gasteiger partial charge in [0.25, 0.3) is 0 Å². The monoisotopic (exact) mass is 283 g/mol. The van der Waals surface area contributed by atoms with Crippen LogP contribution >= 0.6 is 11.6 Å². The summed E-state index contributed by atoms with van der Waals surface area (Å²) in [6.07, 6.45) is 2.69. The molecule has 106 valence electrons. The van der Waals surface area contributed by atoms with Gasteiger partial charge in [-0.15, -0.1) is 0 Å². The summed E-state index contributed by atoms with van der Waals surface area (Å²) >= 11 is 6.15. The van der Waals surface area contributed by atoms with Gasteiger partial charge in [-0.3, -0.25) is 4.79 Å². The summed E-state index contributed by atoms with van der Waals surface area (Å²) in [6.45, 7) is 2.07. The van der Waals surface area contributed by atoms with Crippen LogP contribution in [-0.4, -0.2) is 26.0 Å². The number of carbonyl (C=O) groups excluding carboxylic acids is 1.